The molecule has 1 N–H and O–H groups in total. The zero-order valence-corrected chi connectivity index (χ0v) is 19.7. The molecule has 1 atom stereocenters. The molecule has 0 bridgehead atoms. The van der Waals surface area contributed by atoms with E-state index in [0.29, 0.717) is 25.6 Å². The third kappa shape index (κ3) is 6.99. The summed E-state index contributed by atoms with van der Waals surface area (Å²) < 4.78 is 11.5. The molecular formula is C25H36N2O5. The van der Waals surface area contributed by atoms with Crippen molar-refractivity contribution in [3.8, 4) is 5.75 Å². The van der Waals surface area contributed by atoms with Gasteiger partial charge in [-0.25, -0.2) is 10.3 Å². The van der Waals surface area contributed by atoms with Gasteiger partial charge in [-0.15, -0.1) is 0 Å². The van der Waals surface area contributed by atoms with E-state index < -0.39 is 5.60 Å². The summed E-state index contributed by atoms with van der Waals surface area (Å²) in [5.74, 6) is 1.22. The number of carbonyl (C=O) groups is 2. The molecule has 0 aromatic heterocycles. The Bertz CT molecular complexity index is 805. The van der Waals surface area contributed by atoms with E-state index in [2.05, 4.69) is 23.7 Å². The van der Waals surface area contributed by atoms with Crippen molar-refractivity contribution >= 4 is 17.6 Å². The normalized spacial score (nSPS) is 19.8. The molecule has 1 aromatic carbocycles. The summed E-state index contributed by atoms with van der Waals surface area (Å²) in [5, 5.41) is 0. The van der Waals surface area contributed by atoms with Gasteiger partial charge in [-0.3, -0.25) is 9.63 Å². The molecule has 32 heavy (non-hydrogen) atoms. The number of ether oxygens (including phenoxy) is 2. The lowest BCUT2D eigenvalue weighted by Gasteiger charge is -2.33. The predicted molar refractivity (Wildman–Crippen MR) is 123 cm³/mol. The zero-order valence-electron chi connectivity index (χ0n) is 19.7. The Balaban J connectivity index is 1.42. The van der Waals surface area contributed by atoms with E-state index >= 15 is 0 Å². The number of piperidine rings is 1. The van der Waals surface area contributed by atoms with Crippen molar-refractivity contribution in [3.05, 3.63) is 35.9 Å². The average molecular weight is 445 g/mol. The molecule has 1 fully saturated rings. The molecule has 2 amide bonds. The summed E-state index contributed by atoms with van der Waals surface area (Å²) in [6.07, 6.45) is 6.18. The molecule has 0 radical (unpaired) electrons. The fourth-order valence-corrected chi connectivity index (χ4v) is 4.11. The second kappa shape index (κ2) is 10.9. The van der Waals surface area contributed by atoms with Crippen LogP contribution < -0.4 is 10.2 Å². The van der Waals surface area contributed by atoms with Crippen molar-refractivity contribution in [2.75, 3.05) is 26.8 Å². The van der Waals surface area contributed by atoms with Gasteiger partial charge in [-0.1, -0.05) is 18.2 Å². The molecule has 0 saturated carbocycles. The van der Waals surface area contributed by atoms with Crippen molar-refractivity contribution in [3.63, 3.8) is 0 Å². The number of amides is 2. The Hall–Kier alpha value is -2.54. The monoisotopic (exact) mass is 444 g/mol. The summed E-state index contributed by atoms with van der Waals surface area (Å²) >= 11 is 0. The standard InChI is InChI=1S/C25H36N2O5/c1-25(2,3)32-24(29)27-15-13-18(14-16-27)17-31-22-11-9-20(10-12-22)19-5-7-21(8-6-19)23(28)26-30-4/h5,9-12,18,21H,6-8,13-17H2,1-4H3,(H,26,28). The molecule has 7 heteroatoms. The molecule has 1 saturated heterocycles. The van der Waals surface area contributed by atoms with Crippen molar-refractivity contribution in [1.82, 2.24) is 10.4 Å². The number of nitrogens with zero attached hydrogens (tertiary/aromatic N) is 1. The van der Waals surface area contributed by atoms with Gasteiger partial charge >= 0.3 is 6.09 Å². The van der Waals surface area contributed by atoms with E-state index in [1.807, 2.05) is 32.9 Å². The smallest absolute Gasteiger partial charge is 0.410 e. The number of hydrogen-bond acceptors (Lipinski definition) is 5. The van der Waals surface area contributed by atoms with Crippen LogP contribution >= 0.6 is 0 Å². The lowest BCUT2D eigenvalue weighted by atomic mass is 9.86. The Labute approximate surface area is 191 Å². The maximum atomic E-state index is 12.2. The first-order chi connectivity index (χ1) is 15.2. The van der Waals surface area contributed by atoms with Gasteiger partial charge in [0.25, 0.3) is 0 Å². The minimum absolute atomic E-state index is 0.0250. The first kappa shape index (κ1) is 24.1. The highest BCUT2D eigenvalue weighted by atomic mass is 16.6. The molecule has 1 aromatic rings. The van der Waals surface area contributed by atoms with Gasteiger partial charge < -0.3 is 14.4 Å². The van der Waals surface area contributed by atoms with E-state index in [4.69, 9.17) is 14.3 Å². The highest BCUT2D eigenvalue weighted by Gasteiger charge is 2.27. The molecule has 1 heterocycles. The molecule has 1 unspecified atom stereocenters. The first-order valence-electron chi connectivity index (χ1n) is 11.5. The third-order valence-corrected chi connectivity index (χ3v) is 5.96. The molecule has 0 spiro atoms. The Kier molecular flexibility index (Phi) is 8.18. The fraction of sp³-hybridized carbons (Fsp3) is 0.600. The van der Waals surface area contributed by atoms with Crippen LogP contribution in [0, 0.1) is 11.8 Å². The Morgan fingerprint density at radius 1 is 1.09 bits per heavy atom. The van der Waals surface area contributed by atoms with E-state index in [1.54, 1.807) is 4.90 Å². The number of likely N-dealkylation sites (tertiary alicyclic amines) is 1. The van der Waals surface area contributed by atoms with E-state index in [9.17, 15) is 9.59 Å². The minimum Gasteiger partial charge on any atom is -0.493 e. The zero-order chi connectivity index (χ0) is 23.1. The number of hydrogen-bond donors (Lipinski definition) is 1. The molecule has 1 aliphatic carbocycles. The van der Waals surface area contributed by atoms with Gasteiger partial charge in [0, 0.05) is 19.0 Å². The van der Waals surface area contributed by atoms with E-state index in [1.165, 1.54) is 18.2 Å². The lowest BCUT2D eigenvalue weighted by molar-refractivity contribution is -0.135. The third-order valence-electron chi connectivity index (χ3n) is 5.96. The molecule has 3 rings (SSSR count). The van der Waals surface area contributed by atoms with Crippen LogP contribution in [0.1, 0.15) is 58.4 Å². The summed E-state index contributed by atoms with van der Waals surface area (Å²) in [7, 11) is 1.46. The number of nitrogens with one attached hydrogen (secondary N) is 1. The Morgan fingerprint density at radius 2 is 1.78 bits per heavy atom. The Morgan fingerprint density at radius 3 is 2.34 bits per heavy atom. The summed E-state index contributed by atoms with van der Waals surface area (Å²) in [6, 6.07) is 8.19. The lowest BCUT2D eigenvalue weighted by Crippen LogP contribution is -2.42. The van der Waals surface area contributed by atoms with Gasteiger partial charge in [0.2, 0.25) is 5.91 Å². The van der Waals surface area contributed by atoms with Crippen LogP contribution in [0.3, 0.4) is 0 Å². The van der Waals surface area contributed by atoms with Crippen molar-refractivity contribution in [2.45, 2.75) is 58.5 Å². The highest BCUT2D eigenvalue weighted by Crippen LogP contribution is 2.31. The van der Waals surface area contributed by atoms with Gasteiger partial charge in [0.05, 0.1) is 13.7 Å². The first-order valence-corrected chi connectivity index (χ1v) is 11.5. The number of allylic oxidation sites excluding steroid dienone is 2. The second-order valence-electron chi connectivity index (χ2n) is 9.62. The number of hydroxylamine groups is 1. The van der Waals surface area contributed by atoms with Crippen LogP contribution in [0.5, 0.6) is 5.75 Å². The van der Waals surface area contributed by atoms with Crippen LogP contribution in [0.15, 0.2) is 30.3 Å². The fourth-order valence-electron chi connectivity index (χ4n) is 4.11. The summed E-state index contributed by atoms with van der Waals surface area (Å²) in [5.41, 5.74) is 4.41. The van der Waals surface area contributed by atoms with Crippen LogP contribution in [0.25, 0.3) is 5.57 Å². The molecule has 1 aliphatic heterocycles. The SMILES string of the molecule is CONC(=O)C1CC=C(c2ccc(OCC3CCN(C(=O)OC(C)(C)C)CC3)cc2)CC1. The van der Waals surface area contributed by atoms with Crippen LogP contribution in [-0.4, -0.2) is 49.3 Å². The van der Waals surface area contributed by atoms with Gasteiger partial charge in [-0.05, 0) is 82.1 Å². The van der Waals surface area contributed by atoms with Gasteiger partial charge in [-0.2, -0.15) is 0 Å². The largest absolute Gasteiger partial charge is 0.493 e. The van der Waals surface area contributed by atoms with Crippen molar-refractivity contribution in [1.29, 1.82) is 0 Å². The van der Waals surface area contributed by atoms with Gasteiger partial charge in [0.15, 0.2) is 0 Å². The number of benzene rings is 1. The van der Waals surface area contributed by atoms with Crippen LogP contribution in [0.4, 0.5) is 4.79 Å². The summed E-state index contributed by atoms with van der Waals surface area (Å²) in [6.45, 7) is 7.73. The van der Waals surface area contributed by atoms with E-state index in [0.717, 1.165) is 37.9 Å². The molecule has 2 aliphatic rings. The topological polar surface area (TPSA) is 77.1 Å². The van der Waals surface area contributed by atoms with Gasteiger partial charge in [0.1, 0.15) is 11.4 Å². The maximum absolute atomic E-state index is 12.2. The molecule has 7 nitrogen and oxygen atoms in total. The van der Waals surface area contributed by atoms with E-state index in [-0.39, 0.29) is 17.9 Å². The quantitative estimate of drug-likeness (QED) is 0.650. The van der Waals surface area contributed by atoms with Crippen LogP contribution in [-0.2, 0) is 14.4 Å². The van der Waals surface area contributed by atoms with Crippen molar-refractivity contribution in [2.24, 2.45) is 11.8 Å². The number of carbonyl (C=O) groups excluding carboxylic acids is 2. The second-order valence-corrected chi connectivity index (χ2v) is 9.62. The van der Waals surface area contributed by atoms with Crippen molar-refractivity contribution < 1.29 is 23.9 Å². The average Bonchev–Trinajstić information content (AvgIpc) is 2.77. The molecular weight excluding hydrogens is 408 g/mol. The minimum atomic E-state index is -0.461. The highest BCUT2D eigenvalue weighted by molar-refractivity contribution is 5.79. The maximum Gasteiger partial charge on any atom is 0.410 e. The molecule has 176 valence electrons. The summed E-state index contributed by atoms with van der Waals surface area (Å²) in [4.78, 5) is 30.6. The predicted octanol–water partition coefficient (Wildman–Crippen LogP) is 4.57. The number of rotatable bonds is 6. The van der Waals surface area contributed by atoms with Crippen LogP contribution in [0.2, 0.25) is 0 Å².